The Kier molecular flexibility index (Phi) is 8.13. The zero-order valence-electron chi connectivity index (χ0n) is 23.6. The highest BCUT2D eigenvalue weighted by Gasteiger charge is 2.42. The molecular weight excluding hydrogens is 484 g/mol. The van der Waals surface area contributed by atoms with Gasteiger partial charge in [0, 0.05) is 30.1 Å². The summed E-state index contributed by atoms with van der Waals surface area (Å²) in [4.78, 5) is 27.4. The zero-order valence-corrected chi connectivity index (χ0v) is 23.6. The van der Waals surface area contributed by atoms with Gasteiger partial charge >= 0.3 is 0 Å². The second kappa shape index (κ2) is 11.7. The van der Waals surface area contributed by atoms with E-state index in [9.17, 15) is 10.1 Å². The van der Waals surface area contributed by atoms with Crippen LogP contribution in [0.1, 0.15) is 64.9 Å². The van der Waals surface area contributed by atoms with E-state index >= 15 is 0 Å². The molecule has 1 amide bonds. The molecule has 1 aromatic heterocycles. The van der Waals surface area contributed by atoms with Crippen molar-refractivity contribution in [2.45, 2.75) is 83.5 Å². The molecule has 1 saturated carbocycles. The van der Waals surface area contributed by atoms with Crippen LogP contribution in [0.4, 0.5) is 5.82 Å². The third-order valence-electron chi connectivity index (χ3n) is 8.88. The molecule has 0 bridgehead atoms. The molecular formula is C32H40N6O. The number of aromatic nitrogens is 2. The molecule has 3 aromatic rings. The molecule has 1 N–H and O–H groups in total. The molecule has 2 aromatic carbocycles. The number of anilines is 1. The fraction of sp³-hybridized carbons (Fsp3) is 0.500. The zero-order chi connectivity index (χ0) is 27.5. The van der Waals surface area contributed by atoms with Gasteiger partial charge in [-0.2, -0.15) is 5.26 Å². The summed E-state index contributed by atoms with van der Waals surface area (Å²) in [6.07, 6.45) is 8.04. The Balaban J connectivity index is 1.34. The van der Waals surface area contributed by atoms with Crippen molar-refractivity contribution in [3.05, 3.63) is 54.4 Å². The van der Waals surface area contributed by atoms with E-state index in [-0.39, 0.29) is 11.9 Å². The molecule has 4 atom stereocenters. The summed E-state index contributed by atoms with van der Waals surface area (Å²) >= 11 is 0. The fourth-order valence-corrected chi connectivity index (χ4v) is 6.56. The van der Waals surface area contributed by atoms with Crippen LogP contribution in [0.25, 0.3) is 22.0 Å². The van der Waals surface area contributed by atoms with Gasteiger partial charge in [0.15, 0.2) is 0 Å². The van der Waals surface area contributed by atoms with Gasteiger partial charge < -0.3 is 15.1 Å². The normalized spacial score (nSPS) is 23.5. The summed E-state index contributed by atoms with van der Waals surface area (Å²) in [5.41, 5.74) is 3.40. The van der Waals surface area contributed by atoms with Crippen molar-refractivity contribution in [2.24, 2.45) is 5.92 Å². The number of benzene rings is 2. The smallest absolute Gasteiger partial charge is 0.245 e. The Hall–Kier alpha value is -3.50. The molecule has 39 heavy (non-hydrogen) atoms. The van der Waals surface area contributed by atoms with E-state index in [1.54, 1.807) is 12.4 Å². The lowest BCUT2D eigenvalue weighted by Crippen LogP contribution is -2.51. The minimum absolute atomic E-state index is 0.196. The Morgan fingerprint density at radius 2 is 1.95 bits per heavy atom. The highest BCUT2D eigenvalue weighted by atomic mass is 16.2. The van der Waals surface area contributed by atoms with Gasteiger partial charge in [-0.05, 0) is 94.3 Å². The number of hydrogen-bond acceptors (Lipinski definition) is 6. The molecule has 1 saturated heterocycles. The standard InChI is InChI=1S/C32H40N6O/c1-5-7-25-17-26(37(4)21(2)3)11-13-30(25)38-15-14-29(32(38)39)36-31-27-18-24(10-12-28(27)34-20-35-31)23-9-6-8-22(16-23)19-33/h6,8-10,12,16,18,20-21,25-26,29-30H,5,7,11,13-15,17H2,1-4H3,(H,34,35,36)/t25-,26-,29+,30+/m1/s1. The number of rotatable bonds is 8. The van der Waals surface area contributed by atoms with Crippen LogP contribution in [0.3, 0.4) is 0 Å². The third kappa shape index (κ3) is 5.62. The van der Waals surface area contributed by atoms with Crippen LogP contribution < -0.4 is 5.32 Å². The maximum absolute atomic E-state index is 13.8. The SMILES string of the molecule is CCC[C@@H]1C[C@H](N(C)C(C)C)CC[C@@H]1N1CC[C@H](Nc2ncnc3ccc(-c4cccc(C#N)c4)cc23)C1=O. The summed E-state index contributed by atoms with van der Waals surface area (Å²) in [7, 11) is 2.25. The largest absolute Gasteiger partial charge is 0.358 e. The lowest BCUT2D eigenvalue weighted by atomic mass is 9.77. The maximum Gasteiger partial charge on any atom is 0.245 e. The maximum atomic E-state index is 13.8. The fourth-order valence-electron chi connectivity index (χ4n) is 6.56. The van der Waals surface area contributed by atoms with Gasteiger partial charge in [0.1, 0.15) is 18.2 Å². The second-order valence-corrected chi connectivity index (χ2v) is 11.5. The minimum Gasteiger partial charge on any atom is -0.358 e. The van der Waals surface area contributed by atoms with Gasteiger partial charge in [-0.15, -0.1) is 0 Å². The number of hydrogen-bond donors (Lipinski definition) is 1. The number of likely N-dealkylation sites (tertiary alicyclic amines) is 1. The van der Waals surface area contributed by atoms with Crippen LogP contribution in [0.5, 0.6) is 0 Å². The molecule has 0 radical (unpaired) electrons. The topological polar surface area (TPSA) is 85.2 Å². The van der Waals surface area contributed by atoms with E-state index in [1.165, 1.54) is 12.8 Å². The summed E-state index contributed by atoms with van der Waals surface area (Å²) < 4.78 is 0. The van der Waals surface area contributed by atoms with Crippen LogP contribution in [0, 0.1) is 17.2 Å². The molecule has 5 rings (SSSR count). The number of amides is 1. The molecule has 204 valence electrons. The van der Waals surface area contributed by atoms with Gasteiger partial charge in [0.2, 0.25) is 5.91 Å². The van der Waals surface area contributed by atoms with Gasteiger partial charge in [0.05, 0.1) is 17.1 Å². The number of carbonyl (C=O) groups excluding carboxylic acids is 1. The monoisotopic (exact) mass is 524 g/mol. The molecule has 7 nitrogen and oxygen atoms in total. The van der Waals surface area contributed by atoms with Crippen LogP contribution in [-0.2, 0) is 4.79 Å². The minimum atomic E-state index is -0.285. The van der Waals surface area contributed by atoms with Crippen LogP contribution in [0.2, 0.25) is 0 Å². The number of fused-ring (bicyclic) bond motifs is 1. The molecule has 2 fully saturated rings. The first-order valence-corrected chi connectivity index (χ1v) is 14.4. The van der Waals surface area contributed by atoms with E-state index in [1.807, 2.05) is 30.3 Å². The number of carbonyl (C=O) groups is 1. The molecule has 2 aliphatic rings. The van der Waals surface area contributed by atoms with Crippen molar-refractivity contribution in [2.75, 3.05) is 18.9 Å². The Morgan fingerprint density at radius 3 is 2.72 bits per heavy atom. The highest BCUT2D eigenvalue weighted by molar-refractivity contribution is 5.95. The van der Waals surface area contributed by atoms with E-state index in [4.69, 9.17) is 0 Å². The molecule has 1 aliphatic carbocycles. The van der Waals surface area contributed by atoms with Crippen molar-refractivity contribution in [3.63, 3.8) is 0 Å². The van der Waals surface area contributed by atoms with E-state index < -0.39 is 0 Å². The van der Waals surface area contributed by atoms with E-state index in [0.717, 1.165) is 54.3 Å². The molecule has 0 unspecified atom stereocenters. The lowest BCUT2D eigenvalue weighted by molar-refractivity contribution is -0.132. The first-order valence-electron chi connectivity index (χ1n) is 14.4. The van der Waals surface area contributed by atoms with Crippen molar-refractivity contribution in [1.29, 1.82) is 5.26 Å². The lowest BCUT2D eigenvalue weighted by Gasteiger charge is -2.44. The van der Waals surface area contributed by atoms with Crippen LogP contribution >= 0.6 is 0 Å². The summed E-state index contributed by atoms with van der Waals surface area (Å²) in [6, 6.07) is 17.0. The molecule has 1 aliphatic heterocycles. The van der Waals surface area contributed by atoms with Crippen molar-refractivity contribution >= 4 is 22.6 Å². The predicted molar refractivity (Wildman–Crippen MR) is 156 cm³/mol. The van der Waals surface area contributed by atoms with Crippen molar-refractivity contribution in [1.82, 2.24) is 19.8 Å². The summed E-state index contributed by atoms with van der Waals surface area (Å²) in [6.45, 7) is 7.59. The predicted octanol–water partition coefficient (Wildman–Crippen LogP) is 5.86. The Morgan fingerprint density at radius 1 is 1.13 bits per heavy atom. The average Bonchev–Trinajstić information content (AvgIpc) is 3.32. The molecule has 7 heteroatoms. The van der Waals surface area contributed by atoms with Crippen molar-refractivity contribution < 1.29 is 4.79 Å². The highest BCUT2D eigenvalue weighted by Crippen LogP contribution is 2.37. The first kappa shape index (κ1) is 27.1. The number of nitriles is 1. The molecule has 2 heterocycles. The number of nitrogens with one attached hydrogen (secondary N) is 1. The van der Waals surface area contributed by atoms with Gasteiger partial charge in [-0.3, -0.25) is 4.79 Å². The summed E-state index contributed by atoms with van der Waals surface area (Å²) in [5, 5.41) is 13.7. The first-order chi connectivity index (χ1) is 18.9. The third-order valence-corrected chi connectivity index (χ3v) is 8.88. The second-order valence-electron chi connectivity index (χ2n) is 11.5. The van der Waals surface area contributed by atoms with Crippen molar-refractivity contribution in [3.8, 4) is 17.2 Å². The van der Waals surface area contributed by atoms with E-state index in [0.29, 0.717) is 35.4 Å². The van der Waals surface area contributed by atoms with Gasteiger partial charge in [0.25, 0.3) is 0 Å². The Bertz CT molecular complexity index is 1360. The number of nitrogens with zero attached hydrogens (tertiary/aromatic N) is 5. The molecule has 0 spiro atoms. The van der Waals surface area contributed by atoms with Gasteiger partial charge in [-0.1, -0.05) is 31.5 Å². The van der Waals surface area contributed by atoms with Crippen LogP contribution in [0.15, 0.2) is 48.8 Å². The van der Waals surface area contributed by atoms with Gasteiger partial charge in [-0.25, -0.2) is 9.97 Å². The van der Waals surface area contributed by atoms with E-state index in [2.05, 4.69) is 65.0 Å². The average molecular weight is 525 g/mol. The quantitative estimate of drug-likeness (QED) is 0.397. The summed E-state index contributed by atoms with van der Waals surface area (Å²) in [5.74, 6) is 1.43. The Labute approximate surface area is 232 Å². The van der Waals surface area contributed by atoms with Crippen LogP contribution in [-0.4, -0.2) is 63.4 Å².